The highest BCUT2D eigenvalue weighted by Crippen LogP contribution is 2.35. The Labute approximate surface area is 204 Å². The van der Waals surface area contributed by atoms with Gasteiger partial charge >= 0.3 is 0 Å². The van der Waals surface area contributed by atoms with Crippen molar-refractivity contribution in [3.8, 4) is 0 Å². The van der Waals surface area contributed by atoms with E-state index in [-0.39, 0.29) is 0 Å². The summed E-state index contributed by atoms with van der Waals surface area (Å²) in [6, 6.07) is 38.9. The van der Waals surface area contributed by atoms with Crippen LogP contribution in [0.4, 0.5) is 17.1 Å². The summed E-state index contributed by atoms with van der Waals surface area (Å²) in [5.74, 6) is 0.309. The third kappa shape index (κ3) is 6.02. The van der Waals surface area contributed by atoms with Crippen LogP contribution in [0.1, 0.15) is 22.6 Å². The number of rotatable bonds is 9. The van der Waals surface area contributed by atoms with Gasteiger partial charge in [0.2, 0.25) is 0 Å². The van der Waals surface area contributed by atoms with Crippen molar-refractivity contribution in [1.29, 1.82) is 0 Å². The van der Waals surface area contributed by atoms with E-state index >= 15 is 0 Å². The Hall–Kier alpha value is -4.10. The van der Waals surface area contributed by atoms with Crippen molar-refractivity contribution in [2.24, 2.45) is 0 Å². The molecule has 4 aromatic carbocycles. The molecule has 0 aromatic heterocycles. The van der Waals surface area contributed by atoms with Gasteiger partial charge in [0.1, 0.15) is 0 Å². The number of allylic oxidation sites excluding steroid dienone is 5. The molecule has 0 aliphatic heterocycles. The van der Waals surface area contributed by atoms with Crippen LogP contribution in [0.2, 0.25) is 0 Å². The Morgan fingerprint density at radius 1 is 0.647 bits per heavy atom. The SMILES string of the molecule is C=CC=CC=CC(Cc1ccc(N(c2ccccc2)c2ccc(C)cc2)cc1)c1ccccc1. The molecule has 4 rings (SSSR count). The average Bonchev–Trinajstić information content (AvgIpc) is 2.89. The Balaban J connectivity index is 1.62. The summed E-state index contributed by atoms with van der Waals surface area (Å²) >= 11 is 0. The van der Waals surface area contributed by atoms with Crippen molar-refractivity contribution in [1.82, 2.24) is 0 Å². The fourth-order valence-electron chi connectivity index (χ4n) is 4.09. The molecular formula is C33H31N. The van der Waals surface area contributed by atoms with Crippen LogP contribution in [0.3, 0.4) is 0 Å². The van der Waals surface area contributed by atoms with E-state index in [1.165, 1.54) is 16.7 Å². The predicted octanol–water partition coefficient (Wildman–Crippen LogP) is 9.09. The molecule has 1 nitrogen and oxygen atoms in total. The highest BCUT2D eigenvalue weighted by atomic mass is 15.1. The monoisotopic (exact) mass is 441 g/mol. The van der Waals surface area contributed by atoms with Crippen LogP contribution in [-0.2, 0) is 6.42 Å². The highest BCUT2D eigenvalue weighted by molar-refractivity contribution is 5.76. The topological polar surface area (TPSA) is 3.24 Å². The van der Waals surface area contributed by atoms with Crippen LogP contribution in [0.25, 0.3) is 0 Å². The third-order valence-electron chi connectivity index (χ3n) is 5.89. The van der Waals surface area contributed by atoms with E-state index in [0.29, 0.717) is 5.92 Å². The van der Waals surface area contributed by atoms with Crippen LogP contribution in [0.15, 0.2) is 146 Å². The smallest absolute Gasteiger partial charge is 0.0461 e. The van der Waals surface area contributed by atoms with E-state index in [9.17, 15) is 0 Å². The third-order valence-corrected chi connectivity index (χ3v) is 5.89. The molecule has 0 aliphatic rings. The first kappa shape index (κ1) is 23.1. The maximum Gasteiger partial charge on any atom is 0.0461 e. The van der Waals surface area contributed by atoms with Crippen LogP contribution < -0.4 is 4.90 Å². The van der Waals surface area contributed by atoms with Gasteiger partial charge in [-0.2, -0.15) is 0 Å². The molecular weight excluding hydrogens is 410 g/mol. The molecule has 1 atom stereocenters. The minimum Gasteiger partial charge on any atom is -0.311 e. The van der Waals surface area contributed by atoms with Crippen molar-refractivity contribution in [2.45, 2.75) is 19.3 Å². The maximum atomic E-state index is 3.75. The fourth-order valence-corrected chi connectivity index (χ4v) is 4.09. The molecule has 0 N–H and O–H groups in total. The second kappa shape index (κ2) is 11.7. The van der Waals surface area contributed by atoms with Crippen molar-refractivity contribution < 1.29 is 0 Å². The lowest BCUT2D eigenvalue weighted by Crippen LogP contribution is -2.10. The van der Waals surface area contributed by atoms with Gasteiger partial charge in [0.05, 0.1) is 0 Å². The number of para-hydroxylation sites is 1. The average molecular weight is 442 g/mol. The lowest BCUT2D eigenvalue weighted by molar-refractivity contribution is 0.836. The summed E-state index contributed by atoms with van der Waals surface area (Å²) in [5.41, 5.74) is 7.35. The minimum atomic E-state index is 0.309. The van der Waals surface area contributed by atoms with Gasteiger partial charge in [-0.05, 0) is 60.9 Å². The van der Waals surface area contributed by atoms with Gasteiger partial charge in [-0.15, -0.1) is 0 Å². The normalized spacial score (nSPS) is 12.1. The van der Waals surface area contributed by atoms with Crippen molar-refractivity contribution in [2.75, 3.05) is 4.90 Å². The molecule has 0 fully saturated rings. The molecule has 0 saturated heterocycles. The quantitative estimate of drug-likeness (QED) is 0.234. The molecule has 0 radical (unpaired) electrons. The van der Waals surface area contributed by atoms with E-state index < -0.39 is 0 Å². The minimum absolute atomic E-state index is 0.309. The van der Waals surface area contributed by atoms with E-state index in [4.69, 9.17) is 0 Å². The summed E-state index contributed by atoms with van der Waals surface area (Å²) in [7, 11) is 0. The maximum absolute atomic E-state index is 3.75. The number of aryl methyl sites for hydroxylation is 1. The van der Waals surface area contributed by atoms with Gasteiger partial charge in [0, 0.05) is 23.0 Å². The summed E-state index contributed by atoms with van der Waals surface area (Å²) in [5, 5.41) is 0. The van der Waals surface area contributed by atoms with Gasteiger partial charge in [-0.1, -0.05) is 115 Å². The molecule has 0 saturated carbocycles. The molecule has 0 aliphatic carbocycles. The van der Waals surface area contributed by atoms with Gasteiger partial charge in [0.15, 0.2) is 0 Å². The molecule has 0 bridgehead atoms. The number of benzene rings is 4. The van der Waals surface area contributed by atoms with E-state index in [1.807, 2.05) is 12.2 Å². The van der Waals surface area contributed by atoms with Crippen LogP contribution >= 0.6 is 0 Å². The number of hydrogen-bond donors (Lipinski definition) is 0. The summed E-state index contributed by atoms with van der Waals surface area (Å²) in [6.45, 7) is 5.87. The predicted molar refractivity (Wildman–Crippen MR) is 147 cm³/mol. The van der Waals surface area contributed by atoms with Gasteiger partial charge < -0.3 is 4.90 Å². The first-order chi connectivity index (χ1) is 16.7. The number of nitrogens with zero attached hydrogens (tertiary/aromatic N) is 1. The van der Waals surface area contributed by atoms with Crippen LogP contribution in [0.5, 0.6) is 0 Å². The standard InChI is InChI=1S/C33H31N/c1-3-4-5-8-15-30(29-13-9-6-10-14-29)26-28-20-24-33(25-21-28)34(31-16-11-7-12-17-31)32-22-18-27(2)19-23-32/h3-25,30H,1,26H2,2H3. The molecule has 4 aromatic rings. The highest BCUT2D eigenvalue weighted by Gasteiger charge is 2.13. The largest absolute Gasteiger partial charge is 0.311 e. The van der Waals surface area contributed by atoms with E-state index in [0.717, 1.165) is 23.5 Å². The zero-order chi connectivity index (χ0) is 23.6. The lowest BCUT2D eigenvalue weighted by atomic mass is 9.91. The Bertz CT molecular complexity index is 1220. The van der Waals surface area contributed by atoms with Crippen molar-refractivity contribution >= 4 is 17.1 Å². The van der Waals surface area contributed by atoms with Gasteiger partial charge in [0.25, 0.3) is 0 Å². The number of anilines is 3. The van der Waals surface area contributed by atoms with Gasteiger partial charge in [-0.25, -0.2) is 0 Å². The van der Waals surface area contributed by atoms with E-state index in [1.54, 1.807) is 6.08 Å². The molecule has 168 valence electrons. The van der Waals surface area contributed by atoms with Crippen molar-refractivity contribution in [3.63, 3.8) is 0 Å². The Kier molecular flexibility index (Phi) is 7.92. The Morgan fingerprint density at radius 3 is 1.82 bits per heavy atom. The second-order valence-corrected chi connectivity index (χ2v) is 8.40. The second-order valence-electron chi connectivity index (χ2n) is 8.40. The zero-order valence-corrected chi connectivity index (χ0v) is 19.7. The molecule has 0 heterocycles. The molecule has 0 spiro atoms. The van der Waals surface area contributed by atoms with Crippen LogP contribution in [-0.4, -0.2) is 0 Å². The number of hydrogen-bond acceptors (Lipinski definition) is 1. The lowest BCUT2D eigenvalue weighted by Gasteiger charge is -2.26. The van der Waals surface area contributed by atoms with Crippen molar-refractivity contribution in [3.05, 3.63) is 163 Å². The molecule has 1 unspecified atom stereocenters. The first-order valence-corrected chi connectivity index (χ1v) is 11.8. The summed E-state index contributed by atoms with van der Waals surface area (Å²) in [4.78, 5) is 2.30. The zero-order valence-electron chi connectivity index (χ0n) is 19.7. The molecule has 34 heavy (non-hydrogen) atoms. The van der Waals surface area contributed by atoms with E-state index in [2.05, 4.69) is 140 Å². The summed E-state index contributed by atoms with van der Waals surface area (Å²) in [6.07, 6.45) is 11.1. The van der Waals surface area contributed by atoms with Gasteiger partial charge in [-0.3, -0.25) is 0 Å². The first-order valence-electron chi connectivity index (χ1n) is 11.8. The summed E-state index contributed by atoms with van der Waals surface area (Å²) < 4.78 is 0. The Morgan fingerprint density at radius 2 is 1.21 bits per heavy atom. The van der Waals surface area contributed by atoms with Crippen LogP contribution in [0, 0.1) is 6.92 Å². The fraction of sp³-hybridized carbons (Fsp3) is 0.0909. The molecule has 0 amide bonds. The molecule has 1 heteroatoms.